The molecule has 0 radical (unpaired) electrons. The van der Waals surface area contributed by atoms with E-state index in [0.29, 0.717) is 25.3 Å². The van der Waals surface area contributed by atoms with Gasteiger partial charge in [0.15, 0.2) is 11.5 Å². The molecule has 10 heteroatoms. The lowest BCUT2D eigenvalue weighted by Crippen LogP contribution is -2.47. The highest BCUT2D eigenvalue weighted by atomic mass is 32.2. The number of likely N-dealkylation sites (tertiary alicyclic amines) is 1. The molecule has 1 aromatic carbocycles. The molecule has 2 fully saturated rings. The molecule has 1 amide bonds. The van der Waals surface area contributed by atoms with Crippen LogP contribution in [0.1, 0.15) is 25.7 Å². The summed E-state index contributed by atoms with van der Waals surface area (Å²) < 4.78 is 33.9. The van der Waals surface area contributed by atoms with Gasteiger partial charge in [-0.25, -0.2) is 13.6 Å². The molecule has 9 nitrogen and oxygen atoms in total. The molecule has 0 unspecified atom stereocenters. The van der Waals surface area contributed by atoms with Crippen LogP contribution in [0.15, 0.2) is 23.1 Å². The average Bonchev–Trinajstić information content (AvgIpc) is 3.34. The van der Waals surface area contributed by atoms with Gasteiger partial charge in [0.1, 0.15) is 12.6 Å². The van der Waals surface area contributed by atoms with Crippen molar-refractivity contribution >= 4 is 15.9 Å². The predicted molar refractivity (Wildman–Crippen MR) is 100 cm³/mol. The van der Waals surface area contributed by atoms with Crippen LogP contribution < -0.4 is 19.9 Å². The summed E-state index contributed by atoms with van der Waals surface area (Å²) in [5.41, 5.74) is 0. The van der Waals surface area contributed by atoms with E-state index in [4.69, 9.17) is 19.9 Å². The number of benzene rings is 1. The Kier molecular flexibility index (Phi) is 6.07. The van der Waals surface area contributed by atoms with Crippen molar-refractivity contribution in [2.75, 3.05) is 20.3 Å². The molecule has 0 saturated carbocycles. The molecule has 152 valence electrons. The molecule has 2 aliphatic rings. The largest absolute Gasteiger partial charge is 0.493 e. The lowest BCUT2D eigenvalue weighted by Gasteiger charge is -2.24. The Morgan fingerprint density at radius 3 is 2.82 bits per heavy atom. The number of hydrogen-bond donors (Lipinski definition) is 2. The number of nitrogens with two attached hydrogens (primary N) is 1. The number of hydrogen-bond acceptors (Lipinski definition) is 7. The molecular formula is C18H24N4O5S. The number of nitrogens with zero attached hydrogens (tertiary/aromatic N) is 2. The second kappa shape index (κ2) is 8.34. The number of nitrogens with one attached hydrogen (secondary N) is 1. The van der Waals surface area contributed by atoms with Gasteiger partial charge in [-0.1, -0.05) is 0 Å². The van der Waals surface area contributed by atoms with Crippen LogP contribution in [0.2, 0.25) is 0 Å². The van der Waals surface area contributed by atoms with Crippen LogP contribution in [-0.4, -0.2) is 57.6 Å². The molecule has 3 rings (SSSR count). The molecule has 2 heterocycles. The van der Waals surface area contributed by atoms with Crippen LogP contribution in [0, 0.1) is 11.3 Å². The Morgan fingerprint density at radius 1 is 1.36 bits per heavy atom. The topological polar surface area (TPSA) is 135 Å². The van der Waals surface area contributed by atoms with Gasteiger partial charge >= 0.3 is 0 Å². The third-order valence-electron chi connectivity index (χ3n) is 5.13. The number of ether oxygens (including phenoxy) is 2. The fourth-order valence-electron chi connectivity index (χ4n) is 3.64. The molecule has 0 bridgehead atoms. The highest BCUT2D eigenvalue weighted by molar-refractivity contribution is 7.89. The summed E-state index contributed by atoms with van der Waals surface area (Å²) in [4.78, 5) is 14.3. The maximum absolute atomic E-state index is 12.7. The third kappa shape index (κ3) is 4.38. The molecule has 1 aromatic rings. The first-order chi connectivity index (χ1) is 13.3. The summed E-state index contributed by atoms with van der Waals surface area (Å²) in [5.74, 6) is 0.642. The Balaban J connectivity index is 1.58. The number of amides is 1. The SMILES string of the molecule is COc1cc(S(N)(=O)=O)ccc1OC[C@H]1CC[C@@H](C(=O)N2CCC[C@H]2C#N)N1. The van der Waals surface area contributed by atoms with Crippen LogP contribution >= 0.6 is 0 Å². The first-order valence-corrected chi connectivity index (χ1v) is 10.7. The van der Waals surface area contributed by atoms with Gasteiger partial charge in [-0.05, 0) is 37.8 Å². The Hall–Kier alpha value is -2.35. The van der Waals surface area contributed by atoms with Gasteiger partial charge in [-0.15, -0.1) is 0 Å². The van der Waals surface area contributed by atoms with Gasteiger partial charge in [-0.2, -0.15) is 5.26 Å². The van der Waals surface area contributed by atoms with Crippen LogP contribution in [0.3, 0.4) is 0 Å². The fourth-order valence-corrected chi connectivity index (χ4v) is 4.17. The Morgan fingerprint density at radius 2 is 2.14 bits per heavy atom. The zero-order valence-electron chi connectivity index (χ0n) is 15.6. The van der Waals surface area contributed by atoms with Crippen molar-refractivity contribution in [3.05, 3.63) is 18.2 Å². The first kappa shape index (κ1) is 20.4. The summed E-state index contributed by atoms with van der Waals surface area (Å²) in [6.45, 7) is 0.931. The number of sulfonamides is 1. The van der Waals surface area contributed by atoms with Gasteiger partial charge in [0.05, 0.1) is 24.1 Å². The lowest BCUT2D eigenvalue weighted by atomic mass is 10.1. The maximum atomic E-state index is 12.7. The van der Waals surface area contributed by atoms with Crippen LogP contribution in [0.25, 0.3) is 0 Å². The second-order valence-electron chi connectivity index (χ2n) is 6.98. The zero-order chi connectivity index (χ0) is 20.3. The van der Waals surface area contributed by atoms with Crippen molar-refractivity contribution in [1.82, 2.24) is 10.2 Å². The molecule has 28 heavy (non-hydrogen) atoms. The minimum Gasteiger partial charge on any atom is -0.493 e. The number of nitriles is 1. The van der Waals surface area contributed by atoms with Crippen molar-refractivity contribution in [1.29, 1.82) is 5.26 Å². The van der Waals surface area contributed by atoms with E-state index in [2.05, 4.69) is 11.4 Å². The molecule has 0 spiro atoms. The second-order valence-corrected chi connectivity index (χ2v) is 8.54. The number of methoxy groups -OCH3 is 1. The normalized spacial score (nSPS) is 24.8. The van der Waals surface area contributed by atoms with Gasteiger partial charge < -0.3 is 14.4 Å². The van der Waals surface area contributed by atoms with E-state index in [-0.39, 0.29) is 34.7 Å². The summed E-state index contributed by atoms with van der Waals surface area (Å²) in [5, 5.41) is 17.6. The van der Waals surface area contributed by atoms with Crippen molar-refractivity contribution in [2.45, 2.75) is 48.7 Å². The standard InChI is InChI=1S/C18H24N4O5S/c1-26-17-9-14(28(20,24)25)5-7-16(17)27-11-12-4-6-15(21-12)18(23)22-8-2-3-13(22)10-19/h5,7,9,12-13,15,21H,2-4,6,8,11H2,1H3,(H2,20,24,25)/t12-,13+,15+/m1/s1. The third-order valence-corrected chi connectivity index (χ3v) is 6.04. The van der Waals surface area contributed by atoms with E-state index < -0.39 is 10.0 Å². The van der Waals surface area contributed by atoms with E-state index in [9.17, 15) is 13.2 Å². The van der Waals surface area contributed by atoms with Crippen molar-refractivity contribution in [2.24, 2.45) is 5.14 Å². The number of carbonyl (C=O) groups is 1. The summed E-state index contributed by atoms with van der Waals surface area (Å²) in [6, 6.07) is 5.69. The molecule has 0 aromatic heterocycles. The van der Waals surface area contributed by atoms with Crippen LogP contribution in [-0.2, 0) is 14.8 Å². The minimum absolute atomic E-state index is 0.0263. The van der Waals surface area contributed by atoms with Crippen LogP contribution in [0.4, 0.5) is 0 Å². The lowest BCUT2D eigenvalue weighted by molar-refractivity contribution is -0.133. The van der Waals surface area contributed by atoms with Gasteiger partial charge in [-0.3, -0.25) is 10.1 Å². The van der Waals surface area contributed by atoms with Gasteiger partial charge in [0.25, 0.3) is 0 Å². The molecule has 3 N–H and O–H groups in total. The van der Waals surface area contributed by atoms with E-state index in [1.54, 1.807) is 4.90 Å². The van der Waals surface area contributed by atoms with Crippen molar-refractivity contribution in [3.8, 4) is 17.6 Å². The molecule has 3 atom stereocenters. The molecular weight excluding hydrogens is 384 g/mol. The summed E-state index contributed by atoms with van der Waals surface area (Å²) in [7, 11) is -2.41. The van der Waals surface area contributed by atoms with Gasteiger partial charge in [0.2, 0.25) is 15.9 Å². The predicted octanol–water partition coefficient (Wildman–Crippen LogP) is 0.357. The van der Waals surface area contributed by atoms with E-state index in [1.807, 2.05) is 0 Å². The monoisotopic (exact) mass is 408 g/mol. The van der Waals surface area contributed by atoms with E-state index in [0.717, 1.165) is 19.3 Å². The quantitative estimate of drug-likeness (QED) is 0.694. The summed E-state index contributed by atoms with van der Waals surface area (Å²) in [6.07, 6.45) is 3.04. The average molecular weight is 408 g/mol. The Bertz CT molecular complexity index is 882. The fraction of sp³-hybridized carbons (Fsp3) is 0.556. The molecule has 2 saturated heterocycles. The number of carbonyl (C=O) groups excluding carboxylic acids is 1. The highest BCUT2D eigenvalue weighted by Crippen LogP contribution is 2.30. The number of rotatable bonds is 6. The zero-order valence-corrected chi connectivity index (χ0v) is 16.4. The minimum atomic E-state index is -3.83. The van der Waals surface area contributed by atoms with Crippen molar-refractivity contribution in [3.63, 3.8) is 0 Å². The maximum Gasteiger partial charge on any atom is 0.240 e. The smallest absolute Gasteiger partial charge is 0.240 e. The van der Waals surface area contributed by atoms with E-state index in [1.165, 1.54) is 25.3 Å². The van der Waals surface area contributed by atoms with E-state index >= 15 is 0 Å². The number of primary sulfonamides is 1. The molecule has 2 aliphatic heterocycles. The van der Waals surface area contributed by atoms with Gasteiger partial charge in [0, 0.05) is 18.7 Å². The van der Waals surface area contributed by atoms with Crippen LogP contribution in [0.5, 0.6) is 11.5 Å². The Labute approximate surface area is 164 Å². The molecule has 0 aliphatic carbocycles. The van der Waals surface area contributed by atoms with Crippen molar-refractivity contribution < 1.29 is 22.7 Å². The summed E-state index contributed by atoms with van der Waals surface area (Å²) >= 11 is 0. The first-order valence-electron chi connectivity index (χ1n) is 9.13. The highest BCUT2D eigenvalue weighted by Gasteiger charge is 2.37.